The molecule has 0 spiro atoms. The molecule has 0 saturated carbocycles. The van der Waals surface area contributed by atoms with Crippen molar-refractivity contribution in [3.05, 3.63) is 0 Å². The zero-order valence-electron chi connectivity index (χ0n) is 26.1. The Morgan fingerprint density at radius 3 is 1.36 bits per heavy atom. The second-order valence-corrected chi connectivity index (χ2v) is 10.0. The van der Waals surface area contributed by atoms with E-state index in [1.807, 2.05) is 0 Å². The third-order valence-corrected chi connectivity index (χ3v) is 6.26. The third-order valence-electron chi connectivity index (χ3n) is 6.26. The number of hydrogen-bond donors (Lipinski definition) is 1. The average Bonchev–Trinajstić information content (AvgIpc) is 2.90. The molecule has 2 rings (SSSR count). The van der Waals surface area contributed by atoms with Gasteiger partial charge < -0.3 is 52.7 Å². The van der Waals surface area contributed by atoms with E-state index in [4.69, 9.17) is 47.4 Å². The highest BCUT2D eigenvalue weighted by Gasteiger charge is 2.56. The fourth-order valence-corrected chi connectivity index (χ4v) is 4.78. The molecular weight excluding hydrogens is 610 g/mol. The fraction of sp³-hybridized carbons (Fsp3) is 0.741. The lowest BCUT2D eigenvalue weighted by Gasteiger charge is -2.49. The molecule has 0 aliphatic carbocycles. The Bertz CT molecular complexity index is 1110. The van der Waals surface area contributed by atoms with Gasteiger partial charge in [-0.05, 0) is 0 Å². The molecule has 0 unspecified atom stereocenters. The van der Waals surface area contributed by atoms with E-state index < -0.39 is 116 Å². The minimum Gasteiger partial charge on any atom is -0.463 e. The van der Waals surface area contributed by atoms with E-state index in [0.29, 0.717) is 0 Å². The van der Waals surface area contributed by atoms with Crippen LogP contribution in [-0.2, 0) is 80.9 Å². The molecule has 2 aliphatic rings. The highest BCUT2D eigenvalue weighted by atomic mass is 16.8. The molecule has 1 N–H and O–H groups in total. The summed E-state index contributed by atoms with van der Waals surface area (Å²) in [6, 6.07) is -1.40. The predicted octanol–water partition coefficient (Wildman–Crippen LogP) is -1.17. The van der Waals surface area contributed by atoms with Crippen molar-refractivity contribution in [3.8, 4) is 0 Å². The molecule has 18 heteroatoms. The van der Waals surface area contributed by atoms with Crippen molar-refractivity contribution in [2.45, 2.75) is 110 Å². The molecule has 0 aromatic heterocycles. The highest BCUT2D eigenvalue weighted by molar-refractivity contribution is 5.74. The van der Waals surface area contributed by atoms with Gasteiger partial charge in [0.1, 0.15) is 37.6 Å². The van der Waals surface area contributed by atoms with E-state index in [9.17, 15) is 33.6 Å². The lowest BCUT2D eigenvalue weighted by atomic mass is 9.95. The van der Waals surface area contributed by atoms with Crippen LogP contribution >= 0.6 is 0 Å². The van der Waals surface area contributed by atoms with Gasteiger partial charge in [0.25, 0.3) is 0 Å². The van der Waals surface area contributed by atoms with E-state index in [-0.39, 0.29) is 0 Å². The number of nitrogens with one attached hydrogen (secondary N) is 1. The number of hydrogen-bond acceptors (Lipinski definition) is 17. The Hall–Kier alpha value is -3.87. The summed E-state index contributed by atoms with van der Waals surface area (Å²) in [4.78, 5) is 83.9. The van der Waals surface area contributed by atoms with Crippen molar-refractivity contribution >= 4 is 41.7 Å². The zero-order chi connectivity index (χ0) is 34.0. The van der Waals surface area contributed by atoms with Crippen LogP contribution in [-0.4, -0.2) is 123 Å². The van der Waals surface area contributed by atoms with Gasteiger partial charge in [-0.2, -0.15) is 0 Å². The summed E-state index contributed by atoms with van der Waals surface area (Å²) in [5, 5.41) is 2.54. The Morgan fingerprint density at radius 2 is 0.956 bits per heavy atom. The maximum atomic E-state index is 12.3. The number of carbonyl (C=O) groups excluding carboxylic acids is 7. The molecule has 10 atom stereocenters. The maximum Gasteiger partial charge on any atom is 0.305 e. The van der Waals surface area contributed by atoms with Crippen molar-refractivity contribution in [2.24, 2.45) is 0 Å². The van der Waals surface area contributed by atoms with Crippen LogP contribution < -0.4 is 5.32 Å². The largest absolute Gasteiger partial charge is 0.463 e. The number of esters is 6. The molecule has 45 heavy (non-hydrogen) atoms. The van der Waals surface area contributed by atoms with E-state index in [0.717, 1.165) is 48.5 Å². The molecule has 0 bridgehead atoms. The summed E-state index contributed by atoms with van der Waals surface area (Å²) < 4.78 is 55.5. The monoisotopic (exact) mass is 649 g/mol. The van der Waals surface area contributed by atoms with Gasteiger partial charge in [0.2, 0.25) is 12.2 Å². The smallest absolute Gasteiger partial charge is 0.305 e. The Balaban J connectivity index is 2.63. The first-order valence-corrected chi connectivity index (χ1v) is 13.8. The fourth-order valence-electron chi connectivity index (χ4n) is 4.78. The molecule has 1 amide bonds. The Labute approximate surface area is 258 Å². The summed E-state index contributed by atoms with van der Waals surface area (Å²) in [6.07, 6.45) is -12.7. The van der Waals surface area contributed by atoms with E-state index in [2.05, 4.69) is 5.32 Å². The first-order valence-electron chi connectivity index (χ1n) is 13.8. The minimum atomic E-state index is -1.63. The second-order valence-electron chi connectivity index (χ2n) is 10.0. The quantitative estimate of drug-likeness (QED) is 0.194. The number of amides is 1. The molecule has 0 aromatic carbocycles. The zero-order valence-corrected chi connectivity index (χ0v) is 26.1. The summed E-state index contributed by atoms with van der Waals surface area (Å²) in [7, 11) is 1.23. The molecule has 2 aliphatic heterocycles. The van der Waals surface area contributed by atoms with Crippen LogP contribution in [0.25, 0.3) is 0 Å². The van der Waals surface area contributed by atoms with Crippen LogP contribution in [0.3, 0.4) is 0 Å². The minimum absolute atomic E-state index is 0.435. The van der Waals surface area contributed by atoms with Crippen molar-refractivity contribution < 1.29 is 80.9 Å². The van der Waals surface area contributed by atoms with Gasteiger partial charge in [0.05, 0.1) is 0 Å². The van der Waals surface area contributed by atoms with Gasteiger partial charge in [-0.15, -0.1) is 0 Å². The van der Waals surface area contributed by atoms with E-state index in [1.54, 1.807) is 0 Å². The summed E-state index contributed by atoms with van der Waals surface area (Å²) in [5.74, 6) is -5.29. The second kappa shape index (κ2) is 17.0. The van der Waals surface area contributed by atoms with Gasteiger partial charge in [-0.25, -0.2) is 0 Å². The number of carbonyl (C=O) groups is 7. The van der Waals surface area contributed by atoms with Crippen LogP contribution in [0.1, 0.15) is 48.5 Å². The third kappa shape index (κ3) is 11.2. The Morgan fingerprint density at radius 1 is 0.533 bits per heavy atom. The Kier molecular flexibility index (Phi) is 14.1. The highest BCUT2D eigenvalue weighted by Crippen LogP contribution is 2.34. The lowest BCUT2D eigenvalue weighted by Crippen LogP contribution is -2.69. The number of methoxy groups -OCH3 is 1. The molecular formula is C27H39NO17. The van der Waals surface area contributed by atoms with Gasteiger partial charge in [-0.3, -0.25) is 33.6 Å². The molecule has 0 radical (unpaired) electrons. The first-order chi connectivity index (χ1) is 21.0. The van der Waals surface area contributed by atoms with Crippen molar-refractivity contribution in [2.75, 3.05) is 20.3 Å². The van der Waals surface area contributed by atoms with E-state index >= 15 is 0 Å². The topological polar surface area (TPSA) is 224 Å². The van der Waals surface area contributed by atoms with E-state index in [1.165, 1.54) is 7.11 Å². The number of ether oxygens (including phenoxy) is 10. The van der Waals surface area contributed by atoms with Crippen LogP contribution in [0.15, 0.2) is 0 Å². The maximum absolute atomic E-state index is 12.3. The molecule has 0 aromatic rings. The average molecular weight is 650 g/mol. The van der Waals surface area contributed by atoms with Crippen LogP contribution in [0, 0.1) is 0 Å². The van der Waals surface area contributed by atoms with Crippen molar-refractivity contribution in [3.63, 3.8) is 0 Å². The molecule has 254 valence electrons. The predicted molar refractivity (Wildman–Crippen MR) is 142 cm³/mol. The summed E-state index contributed by atoms with van der Waals surface area (Å²) >= 11 is 0. The lowest BCUT2D eigenvalue weighted by molar-refractivity contribution is -0.352. The first kappa shape index (κ1) is 37.3. The van der Waals surface area contributed by atoms with Crippen molar-refractivity contribution in [1.29, 1.82) is 0 Å². The molecule has 18 nitrogen and oxygen atoms in total. The number of rotatable bonds is 12. The van der Waals surface area contributed by atoms with Gasteiger partial charge >= 0.3 is 35.8 Å². The van der Waals surface area contributed by atoms with Crippen LogP contribution in [0.2, 0.25) is 0 Å². The standard InChI is InChI=1S/C27H39NO17/c1-11(29)28-20-23(41-16(6)34)21(39-14(4)32)18(9-37-12(2)30)43-26(20)45-25-24(36-8)22(40-15(5)33)19(10-38-13(3)31)44-27(25)42-17(7)35/h18-27H,9-10H2,1-8H3,(H,28,29)/t18-,19-,20-,21-,22-,23-,24+,25+,26+,27+/m1/s1. The van der Waals surface area contributed by atoms with Gasteiger partial charge in [-0.1, -0.05) is 0 Å². The van der Waals surface area contributed by atoms with Crippen molar-refractivity contribution in [1.82, 2.24) is 5.32 Å². The van der Waals surface area contributed by atoms with Crippen LogP contribution in [0.4, 0.5) is 0 Å². The summed E-state index contributed by atoms with van der Waals surface area (Å²) in [6.45, 7) is 6.80. The normalized spacial score (nSPS) is 31.0. The van der Waals surface area contributed by atoms with Gasteiger partial charge in [0, 0.05) is 55.6 Å². The van der Waals surface area contributed by atoms with Crippen LogP contribution in [0.5, 0.6) is 0 Å². The molecule has 2 saturated heterocycles. The molecule has 2 heterocycles. The summed E-state index contributed by atoms with van der Waals surface area (Å²) in [5.41, 5.74) is 0. The SMILES string of the molecule is CO[C@@H]1[C@H](O[C@@H]2O[C@H](COC(C)=O)[C@@H](OC(C)=O)[C@H](OC(C)=O)[C@H]2NC(C)=O)[C@@H](OC(C)=O)O[C@H](COC(C)=O)[C@H]1OC(C)=O. The molecule has 2 fully saturated rings. The van der Waals surface area contributed by atoms with Gasteiger partial charge in [0.15, 0.2) is 30.7 Å².